The Morgan fingerprint density at radius 1 is 1.12 bits per heavy atom. The molecule has 180 valence electrons. The molecule has 0 saturated carbocycles. The maximum absolute atomic E-state index is 13.6. The van der Waals surface area contributed by atoms with Crippen molar-refractivity contribution in [2.75, 3.05) is 26.3 Å². The number of nitrogens with zero attached hydrogens (tertiary/aromatic N) is 4. The molecule has 1 aromatic carbocycles. The highest BCUT2D eigenvalue weighted by molar-refractivity contribution is 7.92. The lowest BCUT2D eigenvalue weighted by atomic mass is 9.99. The zero-order chi connectivity index (χ0) is 23.9. The topological polar surface area (TPSA) is 97.5 Å². The molecule has 0 aliphatic carbocycles. The average Bonchev–Trinajstić information content (AvgIpc) is 3.21. The fraction of sp³-hybridized carbons (Fsp3) is 0.440. The minimum absolute atomic E-state index is 0.0440. The van der Waals surface area contributed by atoms with Crippen LogP contribution in [0.4, 0.5) is 0 Å². The quantitative estimate of drug-likeness (QED) is 0.597. The average molecular weight is 483 g/mol. The molecule has 2 aliphatic heterocycles. The Morgan fingerprint density at radius 3 is 2.62 bits per heavy atom. The number of aliphatic hydroxyl groups excluding tert-OH is 1. The molecule has 8 nitrogen and oxygen atoms in total. The molecule has 4 heterocycles. The SMILES string of the molecule is CC(C)(CO)N1CCC(S(=O)(=O)c2ccc3c(c2)-c2nc(-c4ccccn4)cn2CCO3)CC1. The molecule has 3 aromatic rings. The number of hydrogen-bond acceptors (Lipinski definition) is 7. The Hall–Kier alpha value is -2.75. The van der Waals surface area contributed by atoms with Crippen LogP contribution < -0.4 is 4.74 Å². The number of imidazole rings is 1. The standard InChI is InChI=1S/C25H30N4O4S/c1-25(2,17-30)29-11-8-18(9-12-29)34(31,32)19-6-7-23-20(15-19)24-27-22(16-28(24)13-14-33-23)21-5-3-4-10-26-21/h3-7,10,15-16,18,30H,8-9,11-14,17H2,1-2H3. The number of rotatable bonds is 5. The normalized spacial score (nSPS) is 17.5. The van der Waals surface area contributed by atoms with E-state index in [-0.39, 0.29) is 12.1 Å². The van der Waals surface area contributed by atoms with Crippen molar-refractivity contribution < 1.29 is 18.3 Å². The van der Waals surface area contributed by atoms with Crippen molar-refractivity contribution in [3.05, 3.63) is 48.8 Å². The number of ether oxygens (including phenoxy) is 1. The molecule has 1 fully saturated rings. The van der Waals surface area contributed by atoms with Gasteiger partial charge in [0, 0.05) is 31.0 Å². The van der Waals surface area contributed by atoms with E-state index in [1.165, 1.54) is 0 Å². The third kappa shape index (κ3) is 4.12. The number of aliphatic hydroxyl groups is 1. The maximum Gasteiger partial charge on any atom is 0.181 e. The zero-order valence-corrected chi connectivity index (χ0v) is 20.3. The maximum atomic E-state index is 13.6. The lowest BCUT2D eigenvalue weighted by Crippen LogP contribution is -2.52. The van der Waals surface area contributed by atoms with Crippen LogP contribution in [0.3, 0.4) is 0 Å². The Morgan fingerprint density at radius 2 is 1.91 bits per heavy atom. The van der Waals surface area contributed by atoms with E-state index in [0.717, 1.165) is 11.4 Å². The molecular weight excluding hydrogens is 452 g/mol. The molecule has 9 heteroatoms. The first-order valence-electron chi connectivity index (χ1n) is 11.7. The summed E-state index contributed by atoms with van der Waals surface area (Å²) < 4.78 is 35.1. The third-order valence-corrected chi connectivity index (χ3v) is 9.20. The summed E-state index contributed by atoms with van der Waals surface area (Å²) in [7, 11) is -3.53. The second-order valence-electron chi connectivity index (χ2n) is 9.57. The summed E-state index contributed by atoms with van der Waals surface area (Å²) in [6.45, 7) is 6.38. The molecule has 0 spiro atoms. The van der Waals surface area contributed by atoms with Crippen molar-refractivity contribution in [1.82, 2.24) is 19.4 Å². The summed E-state index contributed by atoms with van der Waals surface area (Å²) in [5.41, 5.74) is 1.85. The smallest absolute Gasteiger partial charge is 0.181 e. The second kappa shape index (κ2) is 8.79. The molecule has 0 amide bonds. The minimum Gasteiger partial charge on any atom is -0.491 e. The minimum atomic E-state index is -3.53. The lowest BCUT2D eigenvalue weighted by Gasteiger charge is -2.41. The predicted molar refractivity (Wildman–Crippen MR) is 129 cm³/mol. The van der Waals surface area contributed by atoms with E-state index < -0.39 is 15.1 Å². The van der Waals surface area contributed by atoms with Crippen molar-refractivity contribution in [2.45, 2.75) is 48.9 Å². The molecule has 0 unspecified atom stereocenters. The first-order valence-corrected chi connectivity index (χ1v) is 13.2. The van der Waals surface area contributed by atoms with Crippen LogP contribution in [-0.2, 0) is 16.4 Å². The summed E-state index contributed by atoms with van der Waals surface area (Å²) in [4.78, 5) is 11.7. The van der Waals surface area contributed by atoms with Crippen LogP contribution in [0.25, 0.3) is 22.8 Å². The summed E-state index contributed by atoms with van der Waals surface area (Å²) in [5.74, 6) is 1.32. The predicted octanol–water partition coefficient (Wildman–Crippen LogP) is 3.01. The van der Waals surface area contributed by atoms with Gasteiger partial charge in [-0.3, -0.25) is 9.88 Å². The number of fused-ring (bicyclic) bond motifs is 3. The van der Waals surface area contributed by atoms with Crippen molar-refractivity contribution in [1.29, 1.82) is 0 Å². The zero-order valence-electron chi connectivity index (χ0n) is 19.5. The molecule has 0 radical (unpaired) electrons. The Bertz CT molecular complexity index is 1280. The van der Waals surface area contributed by atoms with Crippen LogP contribution in [0.5, 0.6) is 5.75 Å². The van der Waals surface area contributed by atoms with E-state index in [4.69, 9.17) is 9.72 Å². The van der Waals surface area contributed by atoms with Gasteiger partial charge in [-0.2, -0.15) is 0 Å². The molecule has 0 atom stereocenters. The van der Waals surface area contributed by atoms with Gasteiger partial charge in [0.15, 0.2) is 9.84 Å². The van der Waals surface area contributed by atoms with Crippen LogP contribution in [0.1, 0.15) is 26.7 Å². The first kappa shape index (κ1) is 23.0. The number of sulfone groups is 1. The Balaban J connectivity index is 1.46. The van der Waals surface area contributed by atoms with Crippen LogP contribution >= 0.6 is 0 Å². The summed E-state index contributed by atoms with van der Waals surface area (Å²) in [6, 6.07) is 10.8. The largest absolute Gasteiger partial charge is 0.491 e. The van der Waals surface area contributed by atoms with Crippen molar-refractivity contribution in [2.24, 2.45) is 0 Å². The van der Waals surface area contributed by atoms with E-state index in [1.54, 1.807) is 24.4 Å². The first-order chi connectivity index (χ1) is 16.3. The number of benzene rings is 1. The number of pyridine rings is 1. The van der Waals surface area contributed by atoms with E-state index in [9.17, 15) is 13.5 Å². The summed E-state index contributed by atoms with van der Waals surface area (Å²) >= 11 is 0. The fourth-order valence-corrected chi connectivity index (χ4v) is 6.50. The van der Waals surface area contributed by atoms with Gasteiger partial charge in [-0.25, -0.2) is 13.4 Å². The number of aromatic nitrogens is 3. The Kier molecular flexibility index (Phi) is 5.95. The van der Waals surface area contributed by atoms with Gasteiger partial charge in [0.05, 0.1) is 34.6 Å². The van der Waals surface area contributed by atoms with Gasteiger partial charge in [0.25, 0.3) is 0 Å². The molecule has 5 rings (SSSR count). The number of likely N-dealkylation sites (tertiary alicyclic amines) is 1. The van der Waals surface area contributed by atoms with Crippen LogP contribution in [-0.4, -0.2) is 70.1 Å². The lowest BCUT2D eigenvalue weighted by molar-refractivity contribution is 0.0431. The molecule has 1 N–H and O–H groups in total. The highest BCUT2D eigenvalue weighted by atomic mass is 32.2. The molecule has 1 saturated heterocycles. The summed E-state index contributed by atoms with van der Waals surface area (Å²) in [6.07, 6.45) is 4.75. The van der Waals surface area contributed by atoms with Gasteiger partial charge in [-0.15, -0.1) is 0 Å². The van der Waals surface area contributed by atoms with E-state index >= 15 is 0 Å². The monoisotopic (exact) mass is 482 g/mol. The van der Waals surface area contributed by atoms with Crippen LogP contribution in [0.2, 0.25) is 0 Å². The fourth-order valence-electron chi connectivity index (χ4n) is 4.74. The third-order valence-electron chi connectivity index (χ3n) is 6.94. The van der Waals surface area contributed by atoms with Gasteiger partial charge in [0.1, 0.15) is 23.9 Å². The number of hydrogen-bond donors (Lipinski definition) is 1. The van der Waals surface area contributed by atoms with Gasteiger partial charge in [0.2, 0.25) is 0 Å². The molecule has 2 aromatic heterocycles. The van der Waals surface area contributed by atoms with Crippen LogP contribution in [0.15, 0.2) is 53.7 Å². The van der Waals surface area contributed by atoms with Gasteiger partial charge in [-0.1, -0.05) is 6.07 Å². The van der Waals surface area contributed by atoms with Crippen molar-refractivity contribution in [3.8, 4) is 28.5 Å². The van der Waals surface area contributed by atoms with Gasteiger partial charge < -0.3 is 14.4 Å². The number of piperidine rings is 1. The van der Waals surface area contributed by atoms with Gasteiger partial charge in [-0.05, 0) is 57.0 Å². The van der Waals surface area contributed by atoms with E-state index in [2.05, 4.69) is 9.88 Å². The molecule has 0 bridgehead atoms. The molecule has 2 aliphatic rings. The van der Waals surface area contributed by atoms with Crippen molar-refractivity contribution >= 4 is 9.84 Å². The molecule has 34 heavy (non-hydrogen) atoms. The summed E-state index contributed by atoms with van der Waals surface area (Å²) in [5, 5.41) is 9.20. The van der Waals surface area contributed by atoms with Crippen LogP contribution in [0, 0.1) is 0 Å². The Labute approximate surface area is 200 Å². The second-order valence-corrected chi connectivity index (χ2v) is 11.8. The van der Waals surface area contributed by atoms with Gasteiger partial charge >= 0.3 is 0 Å². The highest BCUT2D eigenvalue weighted by Gasteiger charge is 2.36. The van der Waals surface area contributed by atoms with Crippen molar-refractivity contribution in [3.63, 3.8) is 0 Å². The molecular formula is C25H30N4O4S. The van der Waals surface area contributed by atoms with E-state index in [1.807, 2.05) is 42.8 Å². The highest BCUT2D eigenvalue weighted by Crippen LogP contribution is 2.37. The van der Waals surface area contributed by atoms with E-state index in [0.29, 0.717) is 61.1 Å².